The molecule has 0 spiro atoms. The molecule has 6 nitrogen and oxygen atoms in total. The monoisotopic (exact) mass is 591 g/mol. The van der Waals surface area contributed by atoms with E-state index in [-0.39, 0.29) is 23.9 Å². The summed E-state index contributed by atoms with van der Waals surface area (Å²) in [6, 6.07) is 19.3. The molecule has 2 aromatic carbocycles. The van der Waals surface area contributed by atoms with Crippen LogP contribution in [0.2, 0.25) is 10.0 Å². The van der Waals surface area contributed by atoms with Crippen molar-refractivity contribution in [2.75, 3.05) is 10.2 Å². The molecule has 5 rings (SSSR count). The summed E-state index contributed by atoms with van der Waals surface area (Å²) in [6.45, 7) is 9.91. The molecule has 9 heteroatoms. The summed E-state index contributed by atoms with van der Waals surface area (Å²) in [4.78, 5) is 19.2. The molecule has 4 aromatic rings. The van der Waals surface area contributed by atoms with E-state index in [1.165, 1.54) is 0 Å². The Morgan fingerprint density at radius 1 is 1.05 bits per heavy atom. The third kappa shape index (κ3) is 5.21. The number of benzene rings is 2. The first-order valence-electron chi connectivity index (χ1n) is 13.1. The van der Waals surface area contributed by atoms with Crippen molar-refractivity contribution in [2.45, 2.75) is 46.7 Å². The van der Waals surface area contributed by atoms with Crippen molar-refractivity contribution in [3.8, 4) is 5.69 Å². The molecule has 206 valence electrons. The molecule has 2 aromatic heterocycles. The molecule has 3 heterocycles. The van der Waals surface area contributed by atoms with Gasteiger partial charge in [-0.3, -0.25) is 9.78 Å². The van der Waals surface area contributed by atoms with Gasteiger partial charge in [0.1, 0.15) is 0 Å². The smallest absolute Gasteiger partial charge is 0.226 e. The van der Waals surface area contributed by atoms with E-state index >= 15 is 0 Å². The number of hydrogen-bond acceptors (Lipinski definition) is 3. The lowest BCUT2D eigenvalue weighted by atomic mass is 9.96. The maximum atomic E-state index is 12.3. The highest BCUT2D eigenvalue weighted by Gasteiger charge is 2.42. The Balaban J connectivity index is 1.63. The van der Waals surface area contributed by atoms with Crippen LogP contribution in [0.1, 0.15) is 54.1 Å². The highest BCUT2D eigenvalue weighted by atomic mass is 35.5. The Morgan fingerprint density at radius 2 is 1.82 bits per heavy atom. The van der Waals surface area contributed by atoms with Crippen LogP contribution in [0.5, 0.6) is 0 Å². The van der Waals surface area contributed by atoms with Crippen LogP contribution in [0, 0.1) is 26.7 Å². The fourth-order valence-corrected chi connectivity index (χ4v) is 6.12. The van der Waals surface area contributed by atoms with E-state index in [0.717, 1.165) is 45.3 Å². The zero-order valence-electron chi connectivity index (χ0n) is 23.0. The van der Waals surface area contributed by atoms with E-state index in [0.29, 0.717) is 15.2 Å². The lowest BCUT2D eigenvalue weighted by Crippen LogP contribution is -2.29. The molecule has 40 heavy (non-hydrogen) atoms. The average Bonchev–Trinajstić information content (AvgIpc) is 3.41. The van der Waals surface area contributed by atoms with Gasteiger partial charge in [-0.05, 0) is 98.7 Å². The van der Waals surface area contributed by atoms with Crippen molar-refractivity contribution >= 4 is 57.8 Å². The molecule has 1 saturated heterocycles. The highest BCUT2D eigenvalue weighted by molar-refractivity contribution is 7.80. The van der Waals surface area contributed by atoms with E-state index in [1.807, 2.05) is 63.2 Å². The van der Waals surface area contributed by atoms with Gasteiger partial charge in [-0.1, -0.05) is 43.1 Å². The second-order valence-corrected chi connectivity index (χ2v) is 11.6. The standard InChI is InChI=1S/C31H31Cl2N5OS/c1-17(2)30(39)35-25-11-10-22(14-18(25)3)38-29(28(36-31(38)40)26-8-6-7-13-34-26)23-15-19(4)37(20(23)5)27-12-9-21(32)16-24(27)33/h6-17,28-29H,1-5H3,(H,35,39)(H,36,40)/t28-,29+/m1/s1. The molecular formula is C31H31Cl2N5OS. The van der Waals surface area contributed by atoms with Gasteiger partial charge in [-0.2, -0.15) is 0 Å². The van der Waals surface area contributed by atoms with Crippen molar-refractivity contribution in [3.05, 3.63) is 105 Å². The van der Waals surface area contributed by atoms with E-state index in [4.69, 9.17) is 35.4 Å². The third-order valence-corrected chi connectivity index (χ3v) is 8.16. The normalized spacial score (nSPS) is 16.9. The van der Waals surface area contributed by atoms with Crippen molar-refractivity contribution in [2.24, 2.45) is 5.92 Å². The first-order valence-corrected chi connectivity index (χ1v) is 14.3. The van der Waals surface area contributed by atoms with Gasteiger partial charge in [-0.15, -0.1) is 0 Å². The van der Waals surface area contributed by atoms with Crippen LogP contribution < -0.4 is 15.5 Å². The SMILES string of the molecule is Cc1cc(N2C(=S)N[C@H](c3ccccn3)[C@@H]2c2cc(C)n(-c3ccc(Cl)cc3Cl)c2C)ccc1NC(=O)C(C)C. The maximum Gasteiger partial charge on any atom is 0.226 e. The number of carbonyl (C=O) groups is 1. The minimum absolute atomic E-state index is 0.0180. The van der Waals surface area contributed by atoms with Crippen LogP contribution >= 0.6 is 35.4 Å². The lowest BCUT2D eigenvalue weighted by Gasteiger charge is -2.29. The summed E-state index contributed by atoms with van der Waals surface area (Å²) in [5, 5.41) is 8.33. The van der Waals surface area contributed by atoms with Crippen molar-refractivity contribution in [1.29, 1.82) is 0 Å². The first-order chi connectivity index (χ1) is 19.1. The van der Waals surface area contributed by atoms with Gasteiger partial charge in [-0.25, -0.2) is 0 Å². The van der Waals surface area contributed by atoms with Gasteiger partial charge in [0.15, 0.2) is 5.11 Å². The Kier molecular flexibility index (Phi) is 7.91. The second kappa shape index (κ2) is 11.2. The van der Waals surface area contributed by atoms with Crippen LogP contribution in [0.4, 0.5) is 11.4 Å². The molecule has 1 aliphatic rings. The number of anilines is 2. The largest absolute Gasteiger partial charge is 0.351 e. The van der Waals surface area contributed by atoms with Crippen LogP contribution in [-0.4, -0.2) is 20.6 Å². The van der Waals surface area contributed by atoms with Crippen LogP contribution in [0.15, 0.2) is 66.9 Å². The van der Waals surface area contributed by atoms with Crippen molar-refractivity contribution in [1.82, 2.24) is 14.9 Å². The Labute approximate surface area is 250 Å². The summed E-state index contributed by atoms with van der Waals surface area (Å²) >= 11 is 18.8. The summed E-state index contributed by atoms with van der Waals surface area (Å²) in [6.07, 6.45) is 1.80. The third-order valence-electron chi connectivity index (χ3n) is 7.31. The van der Waals surface area contributed by atoms with Gasteiger partial charge in [0, 0.05) is 39.9 Å². The maximum absolute atomic E-state index is 12.3. The van der Waals surface area contributed by atoms with Gasteiger partial charge in [0.25, 0.3) is 0 Å². The number of halogens is 2. The number of nitrogens with zero attached hydrogens (tertiary/aromatic N) is 3. The minimum atomic E-state index is -0.191. The summed E-state index contributed by atoms with van der Waals surface area (Å²) in [5.41, 5.74) is 7.60. The van der Waals surface area contributed by atoms with Crippen LogP contribution in [0.25, 0.3) is 5.69 Å². The van der Waals surface area contributed by atoms with E-state index in [1.54, 1.807) is 12.3 Å². The number of amides is 1. The van der Waals surface area contributed by atoms with Crippen LogP contribution in [0.3, 0.4) is 0 Å². The topological polar surface area (TPSA) is 62.2 Å². The molecule has 2 N–H and O–H groups in total. The number of nitrogens with one attached hydrogen (secondary N) is 2. The average molecular weight is 593 g/mol. The molecule has 2 atom stereocenters. The van der Waals surface area contributed by atoms with E-state index in [2.05, 4.69) is 51.1 Å². The van der Waals surface area contributed by atoms with E-state index in [9.17, 15) is 4.79 Å². The number of pyridine rings is 1. The molecule has 0 radical (unpaired) electrons. The predicted molar refractivity (Wildman–Crippen MR) is 168 cm³/mol. The highest BCUT2D eigenvalue weighted by Crippen LogP contribution is 2.44. The predicted octanol–water partition coefficient (Wildman–Crippen LogP) is 7.88. The van der Waals surface area contributed by atoms with Gasteiger partial charge >= 0.3 is 0 Å². The molecule has 0 bridgehead atoms. The Hall–Kier alpha value is -3.39. The zero-order valence-corrected chi connectivity index (χ0v) is 25.3. The first kappa shape index (κ1) is 28.1. The number of hydrogen-bond donors (Lipinski definition) is 2. The molecule has 1 fully saturated rings. The van der Waals surface area contributed by atoms with Gasteiger partial charge in [0.05, 0.1) is 28.5 Å². The van der Waals surface area contributed by atoms with Crippen LogP contribution in [-0.2, 0) is 4.79 Å². The number of aryl methyl sites for hydroxylation is 2. The number of carbonyl (C=O) groups excluding carboxylic acids is 1. The molecule has 1 aliphatic heterocycles. The van der Waals surface area contributed by atoms with Gasteiger partial charge < -0.3 is 20.1 Å². The summed E-state index contributed by atoms with van der Waals surface area (Å²) in [7, 11) is 0. The van der Waals surface area contributed by atoms with E-state index < -0.39 is 0 Å². The number of thiocarbonyl (C=S) groups is 1. The fraction of sp³-hybridized carbons (Fsp3) is 0.258. The zero-order chi connectivity index (χ0) is 28.7. The number of rotatable bonds is 6. The molecule has 0 saturated carbocycles. The molecular weight excluding hydrogens is 561 g/mol. The lowest BCUT2D eigenvalue weighted by molar-refractivity contribution is -0.118. The summed E-state index contributed by atoms with van der Waals surface area (Å²) < 4.78 is 2.15. The summed E-state index contributed by atoms with van der Waals surface area (Å²) in [5.74, 6) is -0.127. The second-order valence-electron chi connectivity index (χ2n) is 10.4. The quantitative estimate of drug-likeness (QED) is 0.223. The molecule has 0 unspecified atom stereocenters. The number of aromatic nitrogens is 2. The molecule has 1 amide bonds. The van der Waals surface area contributed by atoms with Crippen molar-refractivity contribution in [3.63, 3.8) is 0 Å². The minimum Gasteiger partial charge on any atom is -0.351 e. The Bertz CT molecular complexity index is 1600. The fourth-order valence-electron chi connectivity index (χ4n) is 5.28. The Morgan fingerprint density at radius 3 is 2.48 bits per heavy atom. The van der Waals surface area contributed by atoms with Gasteiger partial charge in [0.2, 0.25) is 5.91 Å². The van der Waals surface area contributed by atoms with Crippen molar-refractivity contribution < 1.29 is 4.79 Å². The molecule has 0 aliphatic carbocycles.